The third-order valence-electron chi connectivity index (χ3n) is 6.58. The standard InChI is InChI=1S/C23H34N4O3/c28-22-14-21(17-27(22)16-19-6-8-24-9-7-19)15-25-10-12-26(13-11-25)23(29)30-18-20-4-2-1-3-5-20/h1-5,19,21,24H,6-18H2/t21-/m1/s1. The van der Waals surface area contributed by atoms with E-state index in [0.29, 0.717) is 43.9 Å². The number of nitrogens with one attached hydrogen (secondary N) is 1. The molecule has 7 heteroatoms. The van der Waals surface area contributed by atoms with Crippen LogP contribution in [0.2, 0.25) is 0 Å². The molecule has 0 unspecified atom stereocenters. The Bertz CT molecular complexity index is 700. The number of ether oxygens (including phenoxy) is 1. The van der Waals surface area contributed by atoms with Gasteiger partial charge in [-0.2, -0.15) is 0 Å². The highest BCUT2D eigenvalue weighted by molar-refractivity contribution is 5.78. The Hall–Kier alpha value is -2.12. The zero-order valence-electron chi connectivity index (χ0n) is 17.8. The zero-order valence-corrected chi connectivity index (χ0v) is 17.8. The van der Waals surface area contributed by atoms with Crippen molar-refractivity contribution in [3.05, 3.63) is 35.9 Å². The van der Waals surface area contributed by atoms with Gasteiger partial charge in [-0.05, 0) is 43.3 Å². The Morgan fingerprint density at radius 2 is 1.73 bits per heavy atom. The Kier molecular flexibility index (Phi) is 7.23. The first-order valence-corrected chi connectivity index (χ1v) is 11.3. The molecule has 0 spiro atoms. The van der Waals surface area contributed by atoms with Gasteiger partial charge in [0.25, 0.3) is 0 Å². The summed E-state index contributed by atoms with van der Waals surface area (Å²) in [6.07, 6.45) is 2.79. The van der Waals surface area contributed by atoms with Gasteiger partial charge < -0.3 is 19.9 Å². The quantitative estimate of drug-likeness (QED) is 0.769. The van der Waals surface area contributed by atoms with E-state index in [9.17, 15) is 9.59 Å². The van der Waals surface area contributed by atoms with Crippen molar-refractivity contribution < 1.29 is 14.3 Å². The molecule has 3 aliphatic heterocycles. The summed E-state index contributed by atoms with van der Waals surface area (Å²) in [7, 11) is 0. The van der Waals surface area contributed by atoms with Gasteiger partial charge in [0.05, 0.1) is 0 Å². The second kappa shape index (κ2) is 10.3. The van der Waals surface area contributed by atoms with E-state index in [1.165, 1.54) is 12.8 Å². The molecule has 1 aromatic rings. The lowest BCUT2D eigenvalue weighted by atomic mass is 9.98. The van der Waals surface area contributed by atoms with Crippen LogP contribution in [0.5, 0.6) is 0 Å². The van der Waals surface area contributed by atoms with Crippen LogP contribution >= 0.6 is 0 Å². The van der Waals surface area contributed by atoms with E-state index >= 15 is 0 Å². The SMILES string of the molecule is O=C1C[C@H](CN2CCN(C(=O)OCc3ccccc3)CC2)CN1CC1CCNCC1. The van der Waals surface area contributed by atoms with Crippen LogP contribution in [0.1, 0.15) is 24.8 Å². The molecule has 0 bridgehead atoms. The Balaban J connectivity index is 1.16. The third-order valence-corrected chi connectivity index (χ3v) is 6.58. The van der Waals surface area contributed by atoms with Crippen molar-refractivity contribution in [3.63, 3.8) is 0 Å². The minimum Gasteiger partial charge on any atom is -0.445 e. The number of nitrogens with zero attached hydrogens (tertiary/aromatic N) is 3. The first kappa shape index (κ1) is 21.1. The Morgan fingerprint density at radius 1 is 1.00 bits per heavy atom. The van der Waals surface area contributed by atoms with Crippen molar-refractivity contribution in [2.45, 2.75) is 25.9 Å². The molecule has 4 rings (SSSR count). The van der Waals surface area contributed by atoms with Gasteiger partial charge in [-0.15, -0.1) is 0 Å². The first-order valence-electron chi connectivity index (χ1n) is 11.3. The van der Waals surface area contributed by atoms with Crippen molar-refractivity contribution in [1.29, 1.82) is 0 Å². The van der Waals surface area contributed by atoms with Crippen LogP contribution in [0.25, 0.3) is 0 Å². The molecule has 164 valence electrons. The van der Waals surface area contributed by atoms with Gasteiger partial charge in [0.15, 0.2) is 0 Å². The molecule has 1 aromatic carbocycles. The first-order chi connectivity index (χ1) is 14.7. The summed E-state index contributed by atoms with van der Waals surface area (Å²) >= 11 is 0. The van der Waals surface area contributed by atoms with E-state index in [2.05, 4.69) is 15.1 Å². The van der Waals surface area contributed by atoms with Gasteiger partial charge >= 0.3 is 6.09 Å². The van der Waals surface area contributed by atoms with Crippen LogP contribution in [0.15, 0.2) is 30.3 Å². The number of carbonyl (C=O) groups excluding carboxylic acids is 2. The predicted octanol–water partition coefficient (Wildman–Crippen LogP) is 1.79. The summed E-state index contributed by atoms with van der Waals surface area (Å²) in [5.41, 5.74) is 1.00. The summed E-state index contributed by atoms with van der Waals surface area (Å²) in [6.45, 7) is 8.31. The summed E-state index contributed by atoms with van der Waals surface area (Å²) in [5.74, 6) is 1.39. The minimum absolute atomic E-state index is 0.234. The van der Waals surface area contributed by atoms with Gasteiger partial charge in [0.2, 0.25) is 5.91 Å². The average Bonchev–Trinajstić information content (AvgIpc) is 3.12. The molecular weight excluding hydrogens is 380 g/mol. The largest absolute Gasteiger partial charge is 0.445 e. The van der Waals surface area contributed by atoms with Crippen LogP contribution in [0.4, 0.5) is 4.79 Å². The normalized spacial score (nSPS) is 23.7. The van der Waals surface area contributed by atoms with Crippen LogP contribution in [-0.4, -0.2) is 85.6 Å². The fourth-order valence-electron chi connectivity index (χ4n) is 4.82. The van der Waals surface area contributed by atoms with Gasteiger partial charge in [0, 0.05) is 52.2 Å². The number of hydrogen-bond acceptors (Lipinski definition) is 5. The van der Waals surface area contributed by atoms with Crippen molar-refractivity contribution in [3.8, 4) is 0 Å². The summed E-state index contributed by atoms with van der Waals surface area (Å²) < 4.78 is 5.45. The molecule has 7 nitrogen and oxygen atoms in total. The van der Waals surface area contributed by atoms with Crippen molar-refractivity contribution in [1.82, 2.24) is 20.0 Å². The maximum absolute atomic E-state index is 12.5. The molecule has 2 amide bonds. The number of amides is 2. The predicted molar refractivity (Wildman–Crippen MR) is 115 cm³/mol. The number of rotatable bonds is 6. The molecule has 3 aliphatic rings. The highest BCUT2D eigenvalue weighted by Crippen LogP contribution is 2.23. The van der Waals surface area contributed by atoms with E-state index in [1.807, 2.05) is 30.3 Å². The molecule has 3 fully saturated rings. The van der Waals surface area contributed by atoms with E-state index in [4.69, 9.17) is 4.74 Å². The highest BCUT2D eigenvalue weighted by Gasteiger charge is 2.33. The smallest absolute Gasteiger partial charge is 0.410 e. The lowest BCUT2D eigenvalue weighted by Crippen LogP contribution is -2.50. The van der Waals surface area contributed by atoms with Crippen molar-refractivity contribution in [2.75, 3.05) is 58.9 Å². The molecule has 0 aliphatic carbocycles. The van der Waals surface area contributed by atoms with E-state index < -0.39 is 0 Å². The summed E-state index contributed by atoms with van der Waals surface area (Å²) in [4.78, 5) is 31.1. The monoisotopic (exact) mass is 414 g/mol. The summed E-state index contributed by atoms with van der Waals surface area (Å²) in [6, 6.07) is 9.77. The molecule has 0 saturated carbocycles. The number of piperidine rings is 1. The van der Waals surface area contributed by atoms with Gasteiger partial charge in [-0.3, -0.25) is 9.69 Å². The third kappa shape index (κ3) is 5.73. The minimum atomic E-state index is -0.234. The highest BCUT2D eigenvalue weighted by atomic mass is 16.6. The molecular formula is C23H34N4O3. The Labute approximate surface area is 179 Å². The van der Waals surface area contributed by atoms with Crippen LogP contribution in [0, 0.1) is 11.8 Å². The van der Waals surface area contributed by atoms with Crippen LogP contribution in [0.3, 0.4) is 0 Å². The van der Waals surface area contributed by atoms with Gasteiger partial charge in [-0.25, -0.2) is 4.79 Å². The number of carbonyl (C=O) groups is 2. The molecule has 3 heterocycles. The van der Waals surface area contributed by atoms with E-state index in [0.717, 1.165) is 51.4 Å². The van der Waals surface area contributed by atoms with Gasteiger partial charge in [0.1, 0.15) is 6.61 Å². The maximum Gasteiger partial charge on any atom is 0.410 e. The second-order valence-corrected chi connectivity index (χ2v) is 8.89. The maximum atomic E-state index is 12.5. The number of hydrogen-bond donors (Lipinski definition) is 1. The summed E-state index contributed by atoms with van der Waals surface area (Å²) in [5, 5.41) is 3.39. The molecule has 3 saturated heterocycles. The molecule has 0 radical (unpaired) electrons. The average molecular weight is 415 g/mol. The van der Waals surface area contributed by atoms with Crippen LogP contribution < -0.4 is 5.32 Å². The molecule has 0 aromatic heterocycles. The molecule has 1 atom stereocenters. The van der Waals surface area contributed by atoms with Gasteiger partial charge in [-0.1, -0.05) is 30.3 Å². The number of benzene rings is 1. The molecule has 30 heavy (non-hydrogen) atoms. The van der Waals surface area contributed by atoms with Crippen molar-refractivity contribution >= 4 is 12.0 Å². The fourth-order valence-corrected chi connectivity index (χ4v) is 4.82. The number of piperazine rings is 1. The van der Waals surface area contributed by atoms with Crippen LogP contribution in [-0.2, 0) is 16.1 Å². The lowest BCUT2D eigenvalue weighted by Gasteiger charge is -2.35. The second-order valence-electron chi connectivity index (χ2n) is 8.89. The topological polar surface area (TPSA) is 65.1 Å². The van der Waals surface area contributed by atoms with E-state index in [1.54, 1.807) is 4.90 Å². The Morgan fingerprint density at radius 3 is 2.47 bits per heavy atom. The van der Waals surface area contributed by atoms with Crippen molar-refractivity contribution in [2.24, 2.45) is 11.8 Å². The van der Waals surface area contributed by atoms with E-state index in [-0.39, 0.29) is 6.09 Å². The number of likely N-dealkylation sites (tertiary alicyclic amines) is 1. The lowest BCUT2D eigenvalue weighted by molar-refractivity contribution is -0.128. The zero-order chi connectivity index (χ0) is 20.8. The fraction of sp³-hybridized carbons (Fsp3) is 0.652. The molecule has 1 N–H and O–H groups in total.